The number of allylic oxidation sites excluding steroid dienone is 2. The normalized spacial score (nSPS) is 11.8. The van der Waals surface area contributed by atoms with Gasteiger partial charge in [0.25, 0.3) is 0 Å². The van der Waals surface area contributed by atoms with E-state index in [1.807, 2.05) is 0 Å². The minimum absolute atomic E-state index is 1.11. The average molecular weight is 160 g/mol. The van der Waals surface area contributed by atoms with Crippen molar-refractivity contribution in [3.63, 3.8) is 0 Å². The van der Waals surface area contributed by atoms with Crippen LogP contribution < -0.4 is 0 Å². The van der Waals surface area contributed by atoms with Crippen LogP contribution in [0.2, 0.25) is 0 Å². The van der Waals surface area contributed by atoms with Gasteiger partial charge in [-0.05, 0) is 37.0 Å². The fourth-order valence-electron chi connectivity index (χ4n) is 1.43. The Morgan fingerprint density at radius 1 is 1.33 bits per heavy atom. The zero-order chi connectivity index (χ0) is 8.97. The van der Waals surface area contributed by atoms with E-state index in [1.54, 1.807) is 0 Å². The molecule has 0 amide bonds. The van der Waals surface area contributed by atoms with Crippen LogP contribution in [0.4, 0.5) is 0 Å². The molecule has 0 aromatic heterocycles. The molecule has 0 atom stereocenters. The van der Waals surface area contributed by atoms with Gasteiger partial charge in [-0.25, -0.2) is 0 Å². The molecule has 12 heavy (non-hydrogen) atoms. The topological polar surface area (TPSA) is 0 Å². The number of hydrogen-bond acceptors (Lipinski definition) is 0. The minimum atomic E-state index is 1.11. The van der Waals surface area contributed by atoms with E-state index >= 15 is 0 Å². The maximum atomic E-state index is 2.27. The summed E-state index contributed by atoms with van der Waals surface area (Å²) in [5.74, 6) is 0. The first-order chi connectivity index (χ1) is 5.75. The van der Waals surface area contributed by atoms with Crippen molar-refractivity contribution in [1.29, 1.82) is 0 Å². The molecule has 0 spiro atoms. The lowest BCUT2D eigenvalue weighted by Crippen LogP contribution is -1.83. The van der Waals surface area contributed by atoms with Gasteiger partial charge in [0, 0.05) is 0 Å². The Bertz CT molecular complexity index is 282. The summed E-state index contributed by atoms with van der Waals surface area (Å²) in [5.41, 5.74) is 4.12. The molecule has 1 aromatic rings. The van der Waals surface area contributed by atoms with Crippen LogP contribution in [-0.4, -0.2) is 0 Å². The summed E-state index contributed by atoms with van der Waals surface area (Å²) in [4.78, 5) is 0. The molecule has 0 fully saturated rings. The van der Waals surface area contributed by atoms with Crippen LogP contribution >= 0.6 is 0 Å². The highest BCUT2D eigenvalue weighted by Gasteiger charge is 1.96. The van der Waals surface area contributed by atoms with E-state index in [1.165, 1.54) is 16.7 Å². The van der Waals surface area contributed by atoms with Crippen molar-refractivity contribution < 1.29 is 0 Å². The second kappa shape index (κ2) is 4.10. The van der Waals surface area contributed by atoms with E-state index in [9.17, 15) is 0 Å². The van der Waals surface area contributed by atoms with Crippen molar-refractivity contribution in [3.05, 3.63) is 41.5 Å². The third kappa shape index (κ3) is 1.97. The van der Waals surface area contributed by atoms with E-state index < -0.39 is 0 Å². The highest BCUT2D eigenvalue weighted by atomic mass is 14.0. The summed E-state index contributed by atoms with van der Waals surface area (Å²) < 4.78 is 0. The van der Waals surface area contributed by atoms with Crippen LogP contribution in [0.25, 0.3) is 5.57 Å². The van der Waals surface area contributed by atoms with E-state index in [-0.39, 0.29) is 0 Å². The molecule has 1 rings (SSSR count). The maximum absolute atomic E-state index is 2.27. The van der Waals surface area contributed by atoms with Gasteiger partial charge in [-0.1, -0.05) is 37.3 Å². The molecule has 64 valence electrons. The summed E-state index contributed by atoms with van der Waals surface area (Å²) in [5, 5.41) is 0. The highest BCUT2D eigenvalue weighted by molar-refractivity contribution is 5.66. The van der Waals surface area contributed by atoms with Crippen molar-refractivity contribution in [2.45, 2.75) is 27.2 Å². The molecule has 0 saturated heterocycles. The Kier molecular flexibility index (Phi) is 3.09. The van der Waals surface area contributed by atoms with Crippen molar-refractivity contribution in [2.24, 2.45) is 0 Å². The first-order valence-electron chi connectivity index (χ1n) is 4.48. The first-order valence-corrected chi connectivity index (χ1v) is 4.48. The monoisotopic (exact) mass is 160 g/mol. The number of aryl methyl sites for hydroxylation is 1. The second-order valence-corrected chi connectivity index (χ2v) is 3.11. The fourth-order valence-corrected chi connectivity index (χ4v) is 1.43. The molecule has 0 nitrogen and oxygen atoms in total. The molecule has 0 unspecified atom stereocenters. The molecule has 0 aliphatic carbocycles. The van der Waals surface area contributed by atoms with Crippen LogP contribution in [0, 0.1) is 6.92 Å². The summed E-state index contributed by atoms with van der Waals surface area (Å²) in [7, 11) is 0. The molecule has 0 heterocycles. The van der Waals surface area contributed by atoms with Crippen LogP contribution in [0.15, 0.2) is 30.3 Å². The van der Waals surface area contributed by atoms with E-state index in [4.69, 9.17) is 0 Å². The molecule has 0 radical (unpaired) electrons. The lowest BCUT2D eigenvalue weighted by atomic mass is 10.0. The van der Waals surface area contributed by atoms with Gasteiger partial charge < -0.3 is 0 Å². The first kappa shape index (κ1) is 9.05. The second-order valence-electron chi connectivity index (χ2n) is 3.11. The van der Waals surface area contributed by atoms with Crippen molar-refractivity contribution in [3.8, 4) is 0 Å². The highest BCUT2D eigenvalue weighted by Crippen LogP contribution is 2.17. The minimum Gasteiger partial charge on any atom is -0.0813 e. The van der Waals surface area contributed by atoms with Crippen LogP contribution in [0.3, 0.4) is 0 Å². The lowest BCUT2D eigenvalue weighted by Gasteiger charge is -2.04. The summed E-state index contributed by atoms with van der Waals surface area (Å²) in [6.07, 6.45) is 3.38. The molecule has 0 aliphatic heterocycles. The molecule has 0 saturated carbocycles. The SMILES string of the molecule is CCC=C(C)c1ccccc1C. The third-order valence-corrected chi connectivity index (χ3v) is 2.08. The van der Waals surface area contributed by atoms with Crippen LogP contribution in [0.1, 0.15) is 31.4 Å². The predicted molar refractivity (Wildman–Crippen MR) is 55.1 cm³/mol. The van der Waals surface area contributed by atoms with Crippen LogP contribution in [-0.2, 0) is 0 Å². The van der Waals surface area contributed by atoms with Gasteiger partial charge >= 0.3 is 0 Å². The fraction of sp³-hybridized carbons (Fsp3) is 0.333. The standard InChI is InChI=1S/C12H16/c1-4-7-10(2)12-9-6-5-8-11(12)3/h5-9H,4H2,1-3H3. The Morgan fingerprint density at radius 2 is 2.00 bits per heavy atom. The molecule has 1 aromatic carbocycles. The molecule has 0 heteroatoms. The van der Waals surface area contributed by atoms with Gasteiger partial charge in [-0.2, -0.15) is 0 Å². The number of rotatable bonds is 2. The van der Waals surface area contributed by atoms with Gasteiger partial charge in [-0.15, -0.1) is 0 Å². The average Bonchev–Trinajstić information content (AvgIpc) is 2.05. The molecule has 0 bridgehead atoms. The van der Waals surface area contributed by atoms with Crippen molar-refractivity contribution >= 4 is 5.57 Å². The van der Waals surface area contributed by atoms with Gasteiger partial charge in [-0.3, -0.25) is 0 Å². The number of benzene rings is 1. The Hall–Kier alpha value is -1.04. The van der Waals surface area contributed by atoms with Gasteiger partial charge in [0.1, 0.15) is 0 Å². The molecule has 0 aliphatic rings. The van der Waals surface area contributed by atoms with Gasteiger partial charge in [0.2, 0.25) is 0 Å². The molecular formula is C12H16. The summed E-state index contributed by atoms with van der Waals surface area (Å²) in [6, 6.07) is 8.51. The van der Waals surface area contributed by atoms with E-state index in [2.05, 4.69) is 51.1 Å². The van der Waals surface area contributed by atoms with Gasteiger partial charge in [0.15, 0.2) is 0 Å². The third-order valence-electron chi connectivity index (χ3n) is 2.08. The van der Waals surface area contributed by atoms with Crippen LogP contribution in [0.5, 0.6) is 0 Å². The van der Waals surface area contributed by atoms with E-state index in [0.29, 0.717) is 0 Å². The van der Waals surface area contributed by atoms with Gasteiger partial charge in [0.05, 0.1) is 0 Å². The lowest BCUT2D eigenvalue weighted by molar-refractivity contribution is 1.22. The zero-order valence-corrected chi connectivity index (χ0v) is 8.09. The quantitative estimate of drug-likeness (QED) is 0.617. The largest absolute Gasteiger partial charge is 0.0813 e. The zero-order valence-electron chi connectivity index (χ0n) is 8.09. The smallest absolute Gasteiger partial charge is 0.0201 e. The Labute approximate surface area is 74.9 Å². The van der Waals surface area contributed by atoms with Crippen molar-refractivity contribution in [1.82, 2.24) is 0 Å². The summed E-state index contributed by atoms with van der Waals surface area (Å²) in [6.45, 7) is 6.50. The Balaban J connectivity index is 3.02. The molecule has 0 N–H and O–H groups in total. The Morgan fingerprint density at radius 3 is 2.58 bits per heavy atom. The van der Waals surface area contributed by atoms with E-state index in [0.717, 1.165) is 6.42 Å². The molecular weight excluding hydrogens is 144 g/mol. The predicted octanol–water partition coefficient (Wildman–Crippen LogP) is 3.81. The van der Waals surface area contributed by atoms with Crippen molar-refractivity contribution in [2.75, 3.05) is 0 Å². The summed E-state index contributed by atoms with van der Waals surface area (Å²) >= 11 is 0. The maximum Gasteiger partial charge on any atom is -0.0201 e. The number of hydrogen-bond donors (Lipinski definition) is 0.